The topological polar surface area (TPSA) is 98.2 Å². The lowest BCUT2D eigenvalue weighted by Gasteiger charge is -2.36. The number of benzene rings is 2. The molecule has 1 saturated heterocycles. The van der Waals surface area contributed by atoms with Crippen molar-refractivity contribution in [1.82, 2.24) is 9.80 Å². The number of hydrogen-bond donors (Lipinski definition) is 2. The van der Waals surface area contributed by atoms with E-state index in [1.807, 2.05) is 18.2 Å². The van der Waals surface area contributed by atoms with Gasteiger partial charge in [0.2, 0.25) is 5.91 Å². The van der Waals surface area contributed by atoms with Gasteiger partial charge in [-0.25, -0.2) is 9.59 Å². The summed E-state index contributed by atoms with van der Waals surface area (Å²) in [7, 11) is 0. The summed E-state index contributed by atoms with van der Waals surface area (Å²) >= 11 is 6.11. The fraction of sp³-hybridized carbons (Fsp3) is 0.375. The van der Waals surface area contributed by atoms with E-state index in [2.05, 4.69) is 40.1 Å². The summed E-state index contributed by atoms with van der Waals surface area (Å²) in [5, 5.41) is 15.6. The molecular weight excluding hydrogens is 432 g/mol. The van der Waals surface area contributed by atoms with Crippen molar-refractivity contribution < 1.29 is 24.6 Å². The molecule has 2 aliphatic heterocycles. The van der Waals surface area contributed by atoms with Crippen LogP contribution in [0.4, 0.5) is 0 Å². The first-order valence-corrected chi connectivity index (χ1v) is 11.0. The maximum Gasteiger partial charge on any atom is 0.414 e. The third-order valence-electron chi connectivity index (χ3n) is 5.78. The quantitative estimate of drug-likeness (QED) is 0.685. The molecule has 0 aromatic heterocycles. The highest BCUT2D eigenvalue weighted by Gasteiger charge is 2.30. The van der Waals surface area contributed by atoms with Crippen molar-refractivity contribution in [2.75, 3.05) is 19.6 Å². The second-order valence-electron chi connectivity index (χ2n) is 8.09. The van der Waals surface area contributed by atoms with Gasteiger partial charge in [-0.1, -0.05) is 48.0 Å². The first-order valence-electron chi connectivity index (χ1n) is 10.6. The number of aliphatic carboxylic acids is 2. The standard InChI is InChI=1S/C22H25ClN2O.C2H2O4/c23-21-9-3-5-17(13-21)14-24-11-4-8-20(15-24)22(26)25-12-10-18-6-1-2-7-19(18)16-25;3-1(4)2(5)6/h1-3,5-7,9,13,20H,4,8,10-12,14-16H2;(H,3,4)(H,5,6). The number of amides is 1. The number of carbonyl (C=O) groups excluding carboxylic acids is 1. The summed E-state index contributed by atoms with van der Waals surface area (Å²) in [6, 6.07) is 16.5. The number of piperidine rings is 1. The van der Waals surface area contributed by atoms with Crippen LogP contribution in [0, 0.1) is 5.92 Å². The van der Waals surface area contributed by atoms with Gasteiger partial charge in [-0.05, 0) is 54.6 Å². The summed E-state index contributed by atoms with van der Waals surface area (Å²) in [6.07, 6.45) is 3.06. The molecule has 170 valence electrons. The molecule has 4 rings (SSSR count). The van der Waals surface area contributed by atoms with Crippen LogP contribution in [0.5, 0.6) is 0 Å². The molecule has 1 fully saturated rings. The van der Waals surface area contributed by atoms with Crippen molar-refractivity contribution in [1.29, 1.82) is 0 Å². The summed E-state index contributed by atoms with van der Waals surface area (Å²) in [4.78, 5) is 35.8. The Balaban J connectivity index is 0.000000427. The van der Waals surface area contributed by atoms with Gasteiger partial charge in [-0.3, -0.25) is 9.69 Å². The van der Waals surface area contributed by atoms with Crippen molar-refractivity contribution in [2.24, 2.45) is 5.92 Å². The Labute approximate surface area is 192 Å². The summed E-state index contributed by atoms with van der Waals surface area (Å²) in [5.41, 5.74) is 3.92. The third-order valence-corrected chi connectivity index (χ3v) is 6.01. The van der Waals surface area contributed by atoms with Gasteiger partial charge >= 0.3 is 11.9 Å². The fourth-order valence-corrected chi connectivity index (χ4v) is 4.45. The van der Waals surface area contributed by atoms with Crippen molar-refractivity contribution in [3.05, 3.63) is 70.2 Å². The number of carboxylic acid groups (broad SMARTS) is 2. The van der Waals surface area contributed by atoms with Gasteiger partial charge in [0, 0.05) is 31.2 Å². The zero-order valence-electron chi connectivity index (χ0n) is 17.7. The highest BCUT2D eigenvalue weighted by atomic mass is 35.5. The fourth-order valence-electron chi connectivity index (χ4n) is 4.24. The summed E-state index contributed by atoms with van der Waals surface area (Å²) in [6.45, 7) is 4.39. The van der Waals surface area contributed by atoms with E-state index in [9.17, 15) is 4.79 Å². The Morgan fingerprint density at radius 3 is 2.38 bits per heavy atom. The summed E-state index contributed by atoms with van der Waals surface area (Å²) in [5.74, 6) is -3.20. The molecule has 0 spiro atoms. The lowest BCUT2D eigenvalue weighted by molar-refractivity contribution is -0.159. The highest BCUT2D eigenvalue weighted by Crippen LogP contribution is 2.25. The molecule has 0 bridgehead atoms. The van der Waals surface area contributed by atoms with Crippen LogP contribution in [-0.4, -0.2) is 57.5 Å². The predicted octanol–water partition coefficient (Wildman–Crippen LogP) is 3.29. The van der Waals surface area contributed by atoms with Crippen LogP contribution < -0.4 is 0 Å². The second kappa shape index (κ2) is 11.1. The minimum absolute atomic E-state index is 0.119. The first kappa shape index (κ1) is 23.8. The van der Waals surface area contributed by atoms with E-state index in [1.165, 1.54) is 16.7 Å². The van der Waals surface area contributed by atoms with Crippen LogP contribution in [0.2, 0.25) is 5.02 Å². The Hall–Kier alpha value is -2.90. The lowest BCUT2D eigenvalue weighted by Crippen LogP contribution is -2.46. The molecule has 1 amide bonds. The molecule has 1 atom stereocenters. The molecule has 0 aliphatic carbocycles. The minimum atomic E-state index is -1.82. The van der Waals surface area contributed by atoms with Gasteiger partial charge in [0.25, 0.3) is 0 Å². The van der Waals surface area contributed by atoms with Crippen molar-refractivity contribution >= 4 is 29.4 Å². The number of fused-ring (bicyclic) bond motifs is 1. The van der Waals surface area contributed by atoms with E-state index in [1.54, 1.807) is 0 Å². The Morgan fingerprint density at radius 1 is 0.969 bits per heavy atom. The Kier molecular flexibility index (Phi) is 8.25. The maximum absolute atomic E-state index is 13.1. The molecule has 7 nitrogen and oxygen atoms in total. The lowest BCUT2D eigenvalue weighted by atomic mass is 9.93. The molecule has 2 aliphatic rings. The maximum atomic E-state index is 13.1. The molecular formula is C24H27ClN2O5. The number of likely N-dealkylation sites (tertiary alicyclic amines) is 1. The van der Waals surface area contributed by atoms with Gasteiger partial charge in [0.05, 0.1) is 5.92 Å². The number of nitrogens with zero attached hydrogens (tertiary/aromatic N) is 2. The van der Waals surface area contributed by atoms with E-state index in [0.29, 0.717) is 5.91 Å². The van der Waals surface area contributed by atoms with E-state index >= 15 is 0 Å². The smallest absolute Gasteiger partial charge is 0.414 e. The third kappa shape index (κ3) is 6.55. The molecule has 0 saturated carbocycles. The van der Waals surface area contributed by atoms with Crippen LogP contribution in [0.15, 0.2) is 48.5 Å². The predicted molar refractivity (Wildman–Crippen MR) is 120 cm³/mol. The molecule has 32 heavy (non-hydrogen) atoms. The number of carbonyl (C=O) groups is 3. The van der Waals surface area contributed by atoms with Crippen molar-refractivity contribution in [2.45, 2.75) is 32.4 Å². The Bertz CT molecular complexity index is 968. The number of hydrogen-bond acceptors (Lipinski definition) is 4. The van der Waals surface area contributed by atoms with Gasteiger partial charge in [-0.15, -0.1) is 0 Å². The monoisotopic (exact) mass is 458 g/mol. The van der Waals surface area contributed by atoms with Crippen LogP contribution in [0.3, 0.4) is 0 Å². The molecule has 0 radical (unpaired) electrons. The summed E-state index contributed by atoms with van der Waals surface area (Å²) < 4.78 is 0. The van der Waals surface area contributed by atoms with Crippen LogP contribution in [0.25, 0.3) is 0 Å². The van der Waals surface area contributed by atoms with Crippen LogP contribution in [-0.2, 0) is 33.9 Å². The first-order chi connectivity index (χ1) is 15.3. The second-order valence-corrected chi connectivity index (χ2v) is 8.53. The van der Waals surface area contributed by atoms with E-state index in [4.69, 9.17) is 31.4 Å². The van der Waals surface area contributed by atoms with E-state index < -0.39 is 11.9 Å². The normalized spacial score (nSPS) is 18.2. The largest absolute Gasteiger partial charge is 0.473 e. The molecule has 2 heterocycles. The molecule has 1 unspecified atom stereocenters. The number of carboxylic acids is 2. The Morgan fingerprint density at radius 2 is 1.69 bits per heavy atom. The molecule has 2 aromatic rings. The van der Waals surface area contributed by atoms with Gasteiger partial charge < -0.3 is 15.1 Å². The van der Waals surface area contributed by atoms with E-state index in [-0.39, 0.29) is 5.92 Å². The average molecular weight is 459 g/mol. The molecule has 2 N–H and O–H groups in total. The zero-order valence-corrected chi connectivity index (χ0v) is 18.5. The zero-order chi connectivity index (χ0) is 23.1. The minimum Gasteiger partial charge on any atom is -0.473 e. The highest BCUT2D eigenvalue weighted by molar-refractivity contribution is 6.30. The molecule has 2 aromatic carbocycles. The van der Waals surface area contributed by atoms with Crippen molar-refractivity contribution in [3.8, 4) is 0 Å². The van der Waals surface area contributed by atoms with Gasteiger partial charge in [-0.2, -0.15) is 0 Å². The number of halogens is 1. The van der Waals surface area contributed by atoms with Crippen LogP contribution in [0.1, 0.15) is 29.5 Å². The van der Waals surface area contributed by atoms with Crippen molar-refractivity contribution in [3.63, 3.8) is 0 Å². The SMILES string of the molecule is O=C(C1CCCN(Cc2cccc(Cl)c2)C1)N1CCc2ccccc2C1.O=C(O)C(=O)O. The average Bonchev–Trinajstić information content (AvgIpc) is 2.79. The molecule has 8 heteroatoms. The van der Waals surface area contributed by atoms with E-state index in [0.717, 1.165) is 57.0 Å². The van der Waals surface area contributed by atoms with Gasteiger partial charge in [0.15, 0.2) is 0 Å². The van der Waals surface area contributed by atoms with Crippen LogP contribution >= 0.6 is 11.6 Å². The van der Waals surface area contributed by atoms with Gasteiger partial charge in [0.1, 0.15) is 0 Å². The number of rotatable bonds is 3.